The first-order valence-corrected chi connectivity index (χ1v) is 4.58. The van der Waals surface area contributed by atoms with Crippen molar-refractivity contribution in [2.45, 2.75) is 6.61 Å². The van der Waals surface area contributed by atoms with Crippen LogP contribution in [0, 0.1) is 0 Å². The maximum absolute atomic E-state index is 8.98. The maximum atomic E-state index is 8.98. The highest BCUT2D eigenvalue weighted by Gasteiger charge is 2.02. The number of rotatable bonds is 3. The topological polar surface area (TPSA) is 49.9 Å². The van der Waals surface area contributed by atoms with Crippen molar-refractivity contribution in [3.05, 3.63) is 42.7 Å². The van der Waals surface area contributed by atoms with E-state index in [0.29, 0.717) is 5.69 Å². The van der Waals surface area contributed by atoms with Crippen molar-refractivity contribution in [2.75, 3.05) is 0 Å². The summed E-state index contributed by atoms with van der Waals surface area (Å²) in [6.45, 7) is 3.50. The van der Waals surface area contributed by atoms with Crippen LogP contribution in [0.2, 0.25) is 0 Å². The minimum absolute atomic E-state index is 0.0632. The Hall–Kier alpha value is -1.94. The number of aliphatic imine (C=N–C) groups is 1. The first-order valence-electron chi connectivity index (χ1n) is 4.58. The van der Waals surface area contributed by atoms with E-state index in [2.05, 4.69) is 16.6 Å². The van der Waals surface area contributed by atoms with Crippen molar-refractivity contribution < 1.29 is 5.11 Å². The molecule has 1 N–H and O–H groups in total. The van der Waals surface area contributed by atoms with Gasteiger partial charge < -0.3 is 5.11 Å². The summed E-state index contributed by atoms with van der Waals surface area (Å²) >= 11 is 0. The Kier molecular flexibility index (Phi) is 2.60. The molecule has 0 amide bonds. The van der Waals surface area contributed by atoms with E-state index in [1.54, 1.807) is 18.5 Å². The van der Waals surface area contributed by atoms with E-state index in [-0.39, 0.29) is 6.61 Å². The van der Waals surface area contributed by atoms with Crippen molar-refractivity contribution in [3.8, 4) is 0 Å². The smallest absolute Gasteiger partial charge is 0.138 e. The largest absolute Gasteiger partial charge is 0.390 e. The summed E-state index contributed by atoms with van der Waals surface area (Å²) in [6, 6.07) is 5.61. The molecule has 15 heavy (non-hydrogen) atoms. The van der Waals surface area contributed by atoms with Crippen molar-refractivity contribution in [1.29, 1.82) is 0 Å². The van der Waals surface area contributed by atoms with Crippen LogP contribution in [-0.4, -0.2) is 20.7 Å². The Morgan fingerprint density at radius 3 is 3.13 bits per heavy atom. The molecule has 76 valence electrons. The van der Waals surface area contributed by atoms with Gasteiger partial charge in [0, 0.05) is 12.4 Å². The Labute approximate surface area is 87.2 Å². The first-order chi connectivity index (χ1) is 7.35. The summed E-state index contributed by atoms with van der Waals surface area (Å²) in [5, 5.41) is 8.98. The van der Waals surface area contributed by atoms with Gasteiger partial charge in [-0.1, -0.05) is 18.7 Å². The predicted molar refractivity (Wildman–Crippen MR) is 59.5 cm³/mol. The Morgan fingerprint density at radius 1 is 1.53 bits per heavy atom. The average Bonchev–Trinajstić information content (AvgIpc) is 2.69. The van der Waals surface area contributed by atoms with Crippen LogP contribution in [0.25, 0.3) is 5.65 Å². The zero-order chi connectivity index (χ0) is 10.7. The van der Waals surface area contributed by atoms with Crippen LogP contribution in [0.15, 0.2) is 42.0 Å². The van der Waals surface area contributed by atoms with Crippen LogP contribution in [0.1, 0.15) is 5.69 Å². The van der Waals surface area contributed by atoms with E-state index in [1.165, 1.54) is 0 Å². The average molecular weight is 201 g/mol. The molecular formula is C11H11N3O. The van der Waals surface area contributed by atoms with Gasteiger partial charge in [0.15, 0.2) is 0 Å². The molecule has 4 nitrogen and oxygen atoms in total. The predicted octanol–water partition coefficient (Wildman–Crippen LogP) is 1.71. The third-order valence-corrected chi connectivity index (χ3v) is 1.99. The zero-order valence-electron chi connectivity index (χ0n) is 8.17. The molecule has 0 aliphatic rings. The highest BCUT2D eigenvalue weighted by atomic mass is 16.3. The maximum Gasteiger partial charge on any atom is 0.138 e. The van der Waals surface area contributed by atoms with Crippen molar-refractivity contribution in [2.24, 2.45) is 4.99 Å². The Morgan fingerprint density at radius 2 is 2.40 bits per heavy atom. The quantitative estimate of drug-likeness (QED) is 0.768. The van der Waals surface area contributed by atoms with E-state index in [0.717, 1.165) is 11.5 Å². The second kappa shape index (κ2) is 4.06. The number of pyridine rings is 1. The molecule has 2 aromatic rings. The number of aliphatic hydroxyl groups is 1. The number of nitrogens with zero attached hydrogens (tertiary/aromatic N) is 3. The number of fused-ring (bicyclic) bond motifs is 1. The van der Waals surface area contributed by atoms with Crippen LogP contribution in [0.5, 0.6) is 0 Å². The van der Waals surface area contributed by atoms with Crippen LogP contribution >= 0.6 is 0 Å². The van der Waals surface area contributed by atoms with Gasteiger partial charge in [-0.15, -0.1) is 0 Å². The summed E-state index contributed by atoms with van der Waals surface area (Å²) in [5.41, 5.74) is 1.41. The molecule has 0 saturated heterocycles. The molecule has 0 aromatic carbocycles. The van der Waals surface area contributed by atoms with Gasteiger partial charge in [0.1, 0.15) is 11.5 Å². The number of imidazole rings is 1. The van der Waals surface area contributed by atoms with Gasteiger partial charge in [-0.05, 0) is 12.1 Å². The fraction of sp³-hybridized carbons (Fsp3) is 0.0909. The summed E-state index contributed by atoms with van der Waals surface area (Å²) < 4.78 is 1.82. The molecule has 0 atom stereocenters. The molecule has 0 bridgehead atoms. The van der Waals surface area contributed by atoms with Crippen molar-refractivity contribution in [3.63, 3.8) is 0 Å². The second-order valence-corrected chi connectivity index (χ2v) is 3.02. The van der Waals surface area contributed by atoms with Crippen molar-refractivity contribution in [1.82, 2.24) is 9.38 Å². The normalized spacial score (nSPS) is 11.3. The van der Waals surface area contributed by atoms with Gasteiger partial charge in [0.25, 0.3) is 0 Å². The molecule has 0 unspecified atom stereocenters. The summed E-state index contributed by atoms with van der Waals surface area (Å²) in [6.07, 6.45) is 5.00. The highest BCUT2D eigenvalue weighted by Crippen LogP contribution is 2.15. The summed E-state index contributed by atoms with van der Waals surface area (Å²) in [5.74, 6) is 0.764. The molecule has 4 heteroatoms. The molecule has 0 radical (unpaired) electrons. The molecule has 0 aliphatic carbocycles. The van der Waals surface area contributed by atoms with Gasteiger partial charge in [-0.3, -0.25) is 4.40 Å². The standard InChI is InChI=1S/C11H11N3O/c1-2-6-12-10-4-3-5-11-13-9(8-15)7-14(10)11/h2-7,15H,1,8H2/b12-6-. The van der Waals surface area contributed by atoms with E-state index in [4.69, 9.17) is 5.11 Å². The highest BCUT2D eigenvalue weighted by molar-refractivity contribution is 5.73. The van der Waals surface area contributed by atoms with E-state index >= 15 is 0 Å². The molecule has 0 spiro atoms. The number of allylic oxidation sites excluding steroid dienone is 1. The van der Waals surface area contributed by atoms with Crippen molar-refractivity contribution >= 4 is 17.7 Å². The van der Waals surface area contributed by atoms with Gasteiger partial charge >= 0.3 is 0 Å². The van der Waals surface area contributed by atoms with E-state index < -0.39 is 0 Å². The molecule has 2 rings (SSSR count). The number of hydrogen-bond acceptors (Lipinski definition) is 3. The minimum Gasteiger partial charge on any atom is -0.390 e. The van der Waals surface area contributed by atoms with E-state index in [1.807, 2.05) is 22.6 Å². The molecular weight excluding hydrogens is 190 g/mol. The third kappa shape index (κ3) is 1.80. The number of aliphatic hydroxyl groups excluding tert-OH is 1. The Balaban J connectivity index is 2.58. The molecule has 2 aromatic heterocycles. The summed E-state index contributed by atoms with van der Waals surface area (Å²) in [7, 11) is 0. The summed E-state index contributed by atoms with van der Waals surface area (Å²) in [4.78, 5) is 8.41. The van der Waals surface area contributed by atoms with E-state index in [9.17, 15) is 0 Å². The fourth-order valence-electron chi connectivity index (χ4n) is 1.36. The van der Waals surface area contributed by atoms with Gasteiger partial charge in [-0.2, -0.15) is 0 Å². The SMILES string of the molecule is C=C/C=N\c1cccc2nc(CO)cn12. The lowest BCUT2D eigenvalue weighted by Gasteiger charge is -1.97. The number of hydrogen-bond donors (Lipinski definition) is 1. The molecule has 2 heterocycles. The lowest BCUT2D eigenvalue weighted by Crippen LogP contribution is -1.83. The van der Waals surface area contributed by atoms with Gasteiger partial charge in [0.2, 0.25) is 0 Å². The molecule has 0 saturated carbocycles. The van der Waals surface area contributed by atoms with Gasteiger partial charge in [-0.25, -0.2) is 9.98 Å². The lowest BCUT2D eigenvalue weighted by molar-refractivity contribution is 0.277. The van der Waals surface area contributed by atoms with Gasteiger partial charge in [0.05, 0.1) is 12.3 Å². The number of aromatic nitrogens is 2. The first kappa shape index (κ1) is 9.61. The molecule has 0 aliphatic heterocycles. The van der Waals surface area contributed by atoms with Crippen LogP contribution in [-0.2, 0) is 6.61 Å². The van der Waals surface area contributed by atoms with Crippen LogP contribution in [0.3, 0.4) is 0 Å². The second-order valence-electron chi connectivity index (χ2n) is 3.02. The molecule has 0 fully saturated rings. The minimum atomic E-state index is -0.0632. The van der Waals surface area contributed by atoms with Crippen LogP contribution in [0.4, 0.5) is 5.82 Å². The fourth-order valence-corrected chi connectivity index (χ4v) is 1.36. The Bertz CT molecular complexity index is 514. The van der Waals surface area contributed by atoms with Crippen LogP contribution < -0.4 is 0 Å². The zero-order valence-corrected chi connectivity index (χ0v) is 8.17. The third-order valence-electron chi connectivity index (χ3n) is 1.99. The lowest BCUT2D eigenvalue weighted by atomic mass is 10.4. The monoisotopic (exact) mass is 201 g/mol.